The number of imide groups is 1. The molecule has 3 heterocycles. The quantitative estimate of drug-likeness (QED) is 0.611. The fraction of sp³-hybridized carbons (Fsp3) is 0.273. The van der Waals surface area contributed by atoms with E-state index in [-0.39, 0.29) is 17.6 Å². The van der Waals surface area contributed by atoms with E-state index in [1.807, 2.05) is 30.3 Å². The van der Waals surface area contributed by atoms with Crippen LogP contribution in [0.1, 0.15) is 34.5 Å². The van der Waals surface area contributed by atoms with Crippen LogP contribution >= 0.6 is 0 Å². The van der Waals surface area contributed by atoms with Crippen molar-refractivity contribution in [2.75, 3.05) is 6.54 Å². The Hall–Kier alpha value is -3.28. The predicted octanol–water partition coefficient (Wildman–Crippen LogP) is 2.26. The molecular formula is C22H19N3O3. The van der Waals surface area contributed by atoms with Crippen molar-refractivity contribution >= 4 is 23.8 Å². The van der Waals surface area contributed by atoms with Crippen LogP contribution in [0.3, 0.4) is 0 Å². The SMILES string of the molecule is CCN1C(=O)[C@@H]2[C@@H](C1=O)[C@H]1c3ccccc3C=NN1[C@@H]2C(=O)c1ccccc1. The third-order valence-electron chi connectivity index (χ3n) is 6.03. The lowest BCUT2D eigenvalue weighted by Gasteiger charge is -2.33. The highest BCUT2D eigenvalue weighted by Gasteiger charge is 2.64. The molecule has 0 N–H and O–H groups in total. The van der Waals surface area contributed by atoms with E-state index in [2.05, 4.69) is 5.10 Å². The molecule has 5 rings (SSSR count). The van der Waals surface area contributed by atoms with Crippen LogP contribution in [0.5, 0.6) is 0 Å². The van der Waals surface area contributed by atoms with Gasteiger partial charge >= 0.3 is 0 Å². The third kappa shape index (κ3) is 2.14. The van der Waals surface area contributed by atoms with Gasteiger partial charge in [-0.1, -0.05) is 54.6 Å². The van der Waals surface area contributed by atoms with Gasteiger partial charge in [0.15, 0.2) is 5.78 Å². The maximum absolute atomic E-state index is 13.4. The Kier molecular flexibility index (Phi) is 3.69. The van der Waals surface area contributed by atoms with Gasteiger partial charge in [-0.15, -0.1) is 0 Å². The average Bonchev–Trinajstić information content (AvgIpc) is 3.21. The van der Waals surface area contributed by atoms with E-state index in [4.69, 9.17) is 0 Å². The zero-order valence-corrected chi connectivity index (χ0v) is 15.4. The number of Topliss-reactive ketones (excluding diaryl/α,β-unsaturated/α-hetero) is 1. The first kappa shape index (κ1) is 16.9. The molecule has 140 valence electrons. The largest absolute Gasteiger partial charge is 0.292 e. The zero-order valence-electron chi connectivity index (χ0n) is 15.4. The van der Waals surface area contributed by atoms with Crippen molar-refractivity contribution < 1.29 is 14.4 Å². The summed E-state index contributed by atoms with van der Waals surface area (Å²) in [5.74, 6) is -1.96. The molecule has 3 aliphatic heterocycles. The van der Waals surface area contributed by atoms with Gasteiger partial charge in [0.1, 0.15) is 6.04 Å². The fourth-order valence-corrected chi connectivity index (χ4v) is 4.82. The third-order valence-corrected chi connectivity index (χ3v) is 6.03. The van der Waals surface area contributed by atoms with Crippen LogP contribution in [0, 0.1) is 11.8 Å². The minimum absolute atomic E-state index is 0.172. The second-order valence-corrected chi connectivity index (χ2v) is 7.35. The number of benzene rings is 2. The summed E-state index contributed by atoms with van der Waals surface area (Å²) in [6.07, 6.45) is 1.71. The minimum atomic E-state index is -0.782. The topological polar surface area (TPSA) is 70.1 Å². The van der Waals surface area contributed by atoms with Gasteiger partial charge in [0.2, 0.25) is 11.8 Å². The number of carbonyl (C=O) groups excluding carboxylic acids is 3. The van der Waals surface area contributed by atoms with Crippen molar-refractivity contribution in [1.29, 1.82) is 0 Å². The Labute approximate surface area is 162 Å². The molecule has 6 heteroatoms. The van der Waals surface area contributed by atoms with Gasteiger partial charge in [-0.2, -0.15) is 5.10 Å². The summed E-state index contributed by atoms with van der Waals surface area (Å²) in [6.45, 7) is 2.10. The smallest absolute Gasteiger partial charge is 0.235 e. The number of likely N-dealkylation sites (tertiary alicyclic amines) is 1. The van der Waals surface area contributed by atoms with E-state index in [0.717, 1.165) is 11.1 Å². The molecule has 0 bridgehead atoms. The first-order valence-electron chi connectivity index (χ1n) is 9.49. The standard InChI is InChI=1S/C22H19N3O3/c1-2-24-21(27)16-17(22(24)28)19(20(26)13-8-4-3-5-9-13)25-18(16)15-11-7-6-10-14(15)12-23-25/h3-12,16-19H,2H2,1H3/t16-,17-,18-,19+/m1/s1. The van der Waals surface area contributed by atoms with Crippen molar-refractivity contribution in [3.05, 3.63) is 71.3 Å². The maximum atomic E-state index is 13.4. The second kappa shape index (κ2) is 6.12. The number of carbonyl (C=O) groups is 3. The highest BCUT2D eigenvalue weighted by Crippen LogP contribution is 2.52. The van der Waals surface area contributed by atoms with Gasteiger partial charge in [-0.3, -0.25) is 24.3 Å². The Morgan fingerprint density at radius 1 is 0.964 bits per heavy atom. The number of hydrazone groups is 1. The van der Waals surface area contributed by atoms with Crippen molar-refractivity contribution in [2.24, 2.45) is 16.9 Å². The van der Waals surface area contributed by atoms with Crippen molar-refractivity contribution in [2.45, 2.75) is 19.0 Å². The van der Waals surface area contributed by atoms with E-state index in [1.54, 1.807) is 42.4 Å². The van der Waals surface area contributed by atoms with Gasteiger partial charge in [-0.05, 0) is 18.1 Å². The molecule has 2 aromatic rings. The predicted molar refractivity (Wildman–Crippen MR) is 103 cm³/mol. The summed E-state index contributed by atoms with van der Waals surface area (Å²) in [7, 11) is 0. The summed E-state index contributed by atoms with van der Waals surface area (Å²) in [4.78, 5) is 40.9. The van der Waals surface area contributed by atoms with E-state index in [9.17, 15) is 14.4 Å². The Morgan fingerprint density at radius 2 is 1.64 bits per heavy atom. The highest BCUT2D eigenvalue weighted by molar-refractivity contribution is 6.12. The Bertz CT molecular complexity index is 1020. The van der Waals surface area contributed by atoms with Crippen LogP contribution in [0.4, 0.5) is 0 Å². The fourth-order valence-electron chi connectivity index (χ4n) is 4.82. The van der Waals surface area contributed by atoms with Gasteiger partial charge in [-0.25, -0.2) is 0 Å². The normalized spacial score (nSPS) is 27.6. The van der Waals surface area contributed by atoms with Gasteiger partial charge in [0.05, 0.1) is 24.1 Å². The number of hydrogen-bond donors (Lipinski definition) is 0. The monoisotopic (exact) mass is 373 g/mol. The first-order valence-corrected chi connectivity index (χ1v) is 9.49. The summed E-state index contributed by atoms with van der Waals surface area (Å²) >= 11 is 0. The lowest BCUT2D eigenvalue weighted by molar-refractivity contribution is -0.141. The molecule has 2 amide bonds. The number of ketones is 1. The molecule has 2 aromatic carbocycles. The number of amides is 2. The van der Waals surface area contributed by atoms with Crippen LogP contribution in [-0.4, -0.2) is 46.3 Å². The molecule has 0 spiro atoms. The van der Waals surface area contributed by atoms with Crippen LogP contribution in [0.2, 0.25) is 0 Å². The highest BCUT2D eigenvalue weighted by atomic mass is 16.2. The number of nitrogens with zero attached hydrogens (tertiary/aromatic N) is 3. The van der Waals surface area contributed by atoms with E-state index < -0.39 is 23.9 Å². The second-order valence-electron chi connectivity index (χ2n) is 7.35. The molecule has 2 saturated heterocycles. The first-order chi connectivity index (χ1) is 13.6. The number of hydrogen-bond acceptors (Lipinski definition) is 5. The lowest BCUT2D eigenvalue weighted by Crippen LogP contribution is -2.44. The molecule has 3 aliphatic rings. The van der Waals surface area contributed by atoms with Crippen LogP contribution < -0.4 is 0 Å². The van der Waals surface area contributed by atoms with Crippen molar-refractivity contribution in [1.82, 2.24) is 9.91 Å². The molecular weight excluding hydrogens is 354 g/mol. The van der Waals surface area contributed by atoms with E-state index in [0.29, 0.717) is 12.1 Å². The van der Waals surface area contributed by atoms with Crippen molar-refractivity contribution in [3.63, 3.8) is 0 Å². The van der Waals surface area contributed by atoms with Crippen LogP contribution in [0.15, 0.2) is 59.7 Å². The maximum Gasteiger partial charge on any atom is 0.235 e. The summed E-state index contributed by atoms with van der Waals surface area (Å²) in [5.41, 5.74) is 2.39. The van der Waals surface area contributed by atoms with Crippen molar-refractivity contribution in [3.8, 4) is 0 Å². The van der Waals surface area contributed by atoms with Crippen LogP contribution in [-0.2, 0) is 9.59 Å². The molecule has 0 radical (unpaired) electrons. The van der Waals surface area contributed by atoms with E-state index >= 15 is 0 Å². The number of fused-ring (bicyclic) bond motifs is 5. The Balaban J connectivity index is 1.67. The molecule has 4 atom stereocenters. The minimum Gasteiger partial charge on any atom is -0.292 e. The average molecular weight is 373 g/mol. The summed E-state index contributed by atoms with van der Waals surface area (Å²) < 4.78 is 0. The van der Waals surface area contributed by atoms with Gasteiger partial charge < -0.3 is 0 Å². The molecule has 0 unspecified atom stereocenters. The van der Waals surface area contributed by atoms with E-state index in [1.165, 1.54) is 4.90 Å². The summed E-state index contributed by atoms with van der Waals surface area (Å²) in [5, 5.41) is 6.22. The molecule has 28 heavy (non-hydrogen) atoms. The zero-order chi connectivity index (χ0) is 19.4. The molecule has 0 aliphatic carbocycles. The van der Waals surface area contributed by atoms with Gasteiger partial charge in [0, 0.05) is 12.1 Å². The summed E-state index contributed by atoms with van der Waals surface area (Å²) in [6, 6.07) is 15.5. The van der Waals surface area contributed by atoms with Gasteiger partial charge in [0.25, 0.3) is 0 Å². The molecule has 0 saturated carbocycles. The number of rotatable bonds is 3. The Morgan fingerprint density at radius 3 is 2.39 bits per heavy atom. The molecule has 2 fully saturated rings. The lowest BCUT2D eigenvalue weighted by atomic mass is 9.83. The molecule has 6 nitrogen and oxygen atoms in total. The van der Waals surface area contributed by atoms with Crippen LogP contribution in [0.25, 0.3) is 0 Å². The molecule has 0 aromatic heterocycles.